The molecule has 4 rings (SSSR count). The maximum atomic E-state index is 6.19. The number of anilines is 1. The number of aromatic nitrogens is 2. The van der Waals surface area contributed by atoms with Crippen molar-refractivity contribution in [1.29, 1.82) is 0 Å². The molecule has 0 saturated heterocycles. The average Bonchev–Trinajstić information content (AvgIpc) is 2.74. The van der Waals surface area contributed by atoms with Crippen LogP contribution in [0.4, 0.5) is 5.95 Å². The van der Waals surface area contributed by atoms with Crippen molar-refractivity contribution in [2.24, 2.45) is 5.10 Å². The van der Waals surface area contributed by atoms with Crippen molar-refractivity contribution in [3.8, 4) is 17.0 Å². The van der Waals surface area contributed by atoms with Gasteiger partial charge in [0.25, 0.3) is 0 Å². The van der Waals surface area contributed by atoms with Crippen molar-refractivity contribution in [3.05, 3.63) is 83.4 Å². The molecule has 1 N–H and O–H groups in total. The third kappa shape index (κ3) is 3.80. The maximum Gasteiger partial charge on any atom is 0.244 e. The maximum absolute atomic E-state index is 6.19. The SMILES string of the molecule is COc1ccccc1/C=N/Nc1nc(-c2ccccc2)c2cc(Cl)ccc2n1. The van der Waals surface area contributed by atoms with Crippen molar-refractivity contribution in [1.82, 2.24) is 9.97 Å². The molecule has 1 aromatic heterocycles. The number of rotatable bonds is 5. The normalized spacial score (nSPS) is 11.1. The molecular weight excluding hydrogens is 372 g/mol. The Labute approximate surface area is 167 Å². The van der Waals surface area contributed by atoms with E-state index in [0.29, 0.717) is 11.0 Å². The molecule has 0 fully saturated rings. The molecule has 4 aromatic rings. The van der Waals surface area contributed by atoms with Crippen LogP contribution in [0.2, 0.25) is 5.02 Å². The third-order valence-electron chi connectivity index (χ3n) is 4.21. The van der Waals surface area contributed by atoms with Gasteiger partial charge in [0, 0.05) is 21.5 Å². The molecule has 0 unspecified atom stereocenters. The van der Waals surface area contributed by atoms with Crippen LogP contribution in [0.5, 0.6) is 5.75 Å². The number of ether oxygens (including phenoxy) is 1. The minimum atomic E-state index is 0.403. The first kappa shape index (κ1) is 17.9. The second-order valence-electron chi connectivity index (χ2n) is 6.04. The first-order chi connectivity index (χ1) is 13.7. The highest BCUT2D eigenvalue weighted by Gasteiger charge is 2.10. The molecule has 5 nitrogen and oxygen atoms in total. The highest BCUT2D eigenvalue weighted by Crippen LogP contribution is 2.29. The predicted octanol–water partition coefficient (Wildman–Crippen LogP) is 5.40. The van der Waals surface area contributed by atoms with E-state index in [1.54, 1.807) is 13.3 Å². The highest BCUT2D eigenvalue weighted by atomic mass is 35.5. The van der Waals surface area contributed by atoms with Crippen LogP contribution >= 0.6 is 11.6 Å². The average molecular weight is 389 g/mol. The van der Waals surface area contributed by atoms with E-state index < -0.39 is 0 Å². The summed E-state index contributed by atoms with van der Waals surface area (Å²) in [7, 11) is 1.63. The second kappa shape index (κ2) is 8.06. The van der Waals surface area contributed by atoms with Gasteiger partial charge in [0.15, 0.2) is 0 Å². The minimum absolute atomic E-state index is 0.403. The van der Waals surface area contributed by atoms with Crippen molar-refractivity contribution < 1.29 is 4.74 Å². The van der Waals surface area contributed by atoms with Gasteiger partial charge in [-0.05, 0) is 30.3 Å². The van der Waals surface area contributed by atoms with E-state index in [1.807, 2.05) is 72.8 Å². The lowest BCUT2D eigenvalue weighted by Crippen LogP contribution is -2.00. The number of nitrogens with zero attached hydrogens (tertiary/aromatic N) is 3. The lowest BCUT2D eigenvalue weighted by Gasteiger charge is -2.09. The fourth-order valence-corrected chi connectivity index (χ4v) is 3.07. The fourth-order valence-electron chi connectivity index (χ4n) is 2.90. The number of benzene rings is 3. The fraction of sp³-hybridized carbons (Fsp3) is 0.0455. The molecule has 0 bridgehead atoms. The molecule has 0 spiro atoms. The van der Waals surface area contributed by atoms with E-state index in [-0.39, 0.29) is 0 Å². The number of halogens is 1. The molecule has 0 aliphatic carbocycles. The monoisotopic (exact) mass is 388 g/mol. The highest BCUT2D eigenvalue weighted by molar-refractivity contribution is 6.31. The molecule has 0 aliphatic rings. The lowest BCUT2D eigenvalue weighted by atomic mass is 10.1. The summed E-state index contributed by atoms with van der Waals surface area (Å²) in [6.07, 6.45) is 1.68. The number of hydrazone groups is 1. The van der Waals surface area contributed by atoms with Gasteiger partial charge < -0.3 is 4.74 Å². The van der Waals surface area contributed by atoms with Crippen molar-refractivity contribution in [3.63, 3.8) is 0 Å². The first-order valence-electron chi connectivity index (χ1n) is 8.69. The van der Waals surface area contributed by atoms with Gasteiger partial charge in [-0.15, -0.1) is 0 Å². The Kier molecular flexibility index (Phi) is 5.17. The topological polar surface area (TPSA) is 59.4 Å². The number of hydrogen-bond donors (Lipinski definition) is 1. The Hall–Kier alpha value is -3.44. The van der Waals surface area contributed by atoms with E-state index in [9.17, 15) is 0 Å². The van der Waals surface area contributed by atoms with Crippen molar-refractivity contribution in [2.45, 2.75) is 0 Å². The lowest BCUT2D eigenvalue weighted by molar-refractivity contribution is 0.414. The molecule has 6 heteroatoms. The van der Waals surface area contributed by atoms with Gasteiger partial charge in [-0.1, -0.05) is 54.1 Å². The molecule has 0 aliphatic heterocycles. The summed E-state index contributed by atoms with van der Waals surface area (Å²) in [6.45, 7) is 0. The van der Waals surface area contributed by atoms with Gasteiger partial charge in [-0.2, -0.15) is 5.10 Å². The Morgan fingerprint density at radius 1 is 0.964 bits per heavy atom. The minimum Gasteiger partial charge on any atom is -0.496 e. The van der Waals surface area contributed by atoms with Crippen LogP contribution in [0.3, 0.4) is 0 Å². The van der Waals surface area contributed by atoms with E-state index in [4.69, 9.17) is 16.3 Å². The molecule has 28 heavy (non-hydrogen) atoms. The molecule has 0 saturated carbocycles. The van der Waals surface area contributed by atoms with E-state index in [2.05, 4.69) is 20.5 Å². The van der Waals surface area contributed by atoms with Crippen LogP contribution in [0.15, 0.2) is 77.9 Å². The van der Waals surface area contributed by atoms with E-state index in [0.717, 1.165) is 33.5 Å². The van der Waals surface area contributed by atoms with Crippen LogP contribution in [-0.2, 0) is 0 Å². The van der Waals surface area contributed by atoms with Gasteiger partial charge >= 0.3 is 0 Å². The Bertz CT molecular complexity index is 1150. The molecule has 3 aromatic carbocycles. The number of para-hydroxylation sites is 1. The van der Waals surface area contributed by atoms with Gasteiger partial charge in [0.2, 0.25) is 5.95 Å². The molecular formula is C22H17ClN4O. The number of hydrogen-bond acceptors (Lipinski definition) is 5. The van der Waals surface area contributed by atoms with Gasteiger partial charge in [-0.3, -0.25) is 0 Å². The summed E-state index contributed by atoms with van der Waals surface area (Å²) < 4.78 is 5.33. The van der Waals surface area contributed by atoms with Crippen molar-refractivity contribution >= 4 is 34.7 Å². The van der Waals surface area contributed by atoms with Crippen LogP contribution in [0, 0.1) is 0 Å². The largest absolute Gasteiger partial charge is 0.496 e. The summed E-state index contributed by atoms with van der Waals surface area (Å²) in [5, 5.41) is 5.80. The number of methoxy groups -OCH3 is 1. The summed E-state index contributed by atoms with van der Waals surface area (Å²) in [5.41, 5.74) is 6.34. The van der Waals surface area contributed by atoms with Crippen LogP contribution < -0.4 is 10.2 Å². The summed E-state index contributed by atoms with van der Waals surface area (Å²) in [4.78, 5) is 9.21. The summed E-state index contributed by atoms with van der Waals surface area (Å²) in [6, 6.07) is 23.1. The van der Waals surface area contributed by atoms with Gasteiger partial charge in [0.05, 0.1) is 24.5 Å². The van der Waals surface area contributed by atoms with E-state index >= 15 is 0 Å². The first-order valence-corrected chi connectivity index (χ1v) is 9.07. The Morgan fingerprint density at radius 3 is 2.57 bits per heavy atom. The van der Waals surface area contributed by atoms with E-state index in [1.165, 1.54) is 0 Å². The molecule has 1 heterocycles. The standard InChI is InChI=1S/C22H17ClN4O/c1-28-20-10-6-5-9-16(20)14-24-27-22-25-19-12-11-17(23)13-18(19)21(26-22)15-7-3-2-4-8-15/h2-14H,1H3,(H,25,26,27)/b24-14+. The number of fused-ring (bicyclic) bond motifs is 1. The van der Waals surface area contributed by atoms with Crippen LogP contribution in [-0.4, -0.2) is 23.3 Å². The van der Waals surface area contributed by atoms with Crippen LogP contribution in [0.1, 0.15) is 5.56 Å². The molecule has 138 valence electrons. The van der Waals surface area contributed by atoms with Crippen molar-refractivity contribution in [2.75, 3.05) is 12.5 Å². The quantitative estimate of drug-likeness (QED) is 0.367. The summed E-state index contributed by atoms with van der Waals surface area (Å²) >= 11 is 6.19. The third-order valence-corrected chi connectivity index (χ3v) is 4.45. The van der Waals surface area contributed by atoms with Gasteiger partial charge in [0.1, 0.15) is 5.75 Å². The molecule has 0 atom stereocenters. The summed E-state index contributed by atoms with van der Waals surface area (Å²) in [5.74, 6) is 1.15. The smallest absolute Gasteiger partial charge is 0.244 e. The zero-order chi connectivity index (χ0) is 19.3. The van der Waals surface area contributed by atoms with Gasteiger partial charge in [-0.25, -0.2) is 15.4 Å². The number of nitrogens with one attached hydrogen (secondary N) is 1. The zero-order valence-corrected chi connectivity index (χ0v) is 15.9. The predicted molar refractivity (Wildman–Crippen MR) is 114 cm³/mol. The Morgan fingerprint density at radius 2 is 1.75 bits per heavy atom. The second-order valence-corrected chi connectivity index (χ2v) is 6.47. The van der Waals surface area contributed by atoms with Crippen LogP contribution in [0.25, 0.3) is 22.2 Å². The molecule has 0 radical (unpaired) electrons. The Balaban J connectivity index is 1.72. The molecule has 0 amide bonds. The zero-order valence-electron chi connectivity index (χ0n) is 15.1.